The molecule has 2 rings (SSSR count). The first-order valence-corrected chi connectivity index (χ1v) is 8.03. The van der Waals surface area contributed by atoms with Crippen molar-refractivity contribution < 1.29 is 14.3 Å². The van der Waals surface area contributed by atoms with E-state index in [-0.39, 0.29) is 36.6 Å². The van der Waals surface area contributed by atoms with Gasteiger partial charge in [-0.25, -0.2) is 0 Å². The molecule has 1 unspecified atom stereocenters. The summed E-state index contributed by atoms with van der Waals surface area (Å²) in [5.74, 6) is 1.62. The Kier molecular flexibility index (Phi) is 11.6. The Hall–Kier alpha value is -1.21. The van der Waals surface area contributed by atoms with Crippen LogP contribution in [0.5, 0.6) is 11.5 Å². The number of halogens is 2. The standard InChI is InChI=1S/C17H27N3O3.2ClH/c1-20(2)8-9-23-15-5-4-13(10-16(15)22-3)11-19-17(21)14-6-7-18-12-14;;/h4-5,10,14,18H,6-9,11-12H2,1-3H3,(H,19,21);2*1H. The Morgan fingerprint density at radius 1 is 1.32 bits per heavy atom. The number of carbonyl (C=O) groups is 1. The van der Waals surface area contributed by atoms with Gasteiger partial charge < -0.3 is 25.0 Å². The molecule has 1 aliphatic rings. The zero-order valence-corrected chi connectivity index (χ0v) is 16.7. The van der Waals surface area contributed by atoms with E-state index in [1.807, 2.05) is 32.3 Å². The molecule has 0 aliphatic carbocycles. The molecule has 0 aromatic heterocycles. The summed E-state index contributed by atoms with van der Waals surface area (Å²) in [4.78, 5) is 14.1. The molecule has 8 heteroatoms. The van der Waals surface area contributed by atoms with Crippen LogP contribution < -0.4 is 20.1 Å². The number of carbonyl (C=O) groups excluding carboxylic acids is 1. The topological polar surface area (TPSA) is 62.8 Å². The monoisotopic (exact) mass is 393 g/mol. The lowest BCUT2D eigenvalue weighted by molar-refractivity contribution is -0.124. The second-order valence-corrected chi connectivity index (χ2v) is 6.04. The summed E-state index contributed by atoms with van der Waals surface area (Å²) in [7, 11) is 5.64. The van der Waals surface area contributed by atoms with Gasteiger partial charge in [-0.2, -0.15) is 0 Å². The minimum absolute atomic E-state index is 0. The molecule has 144 valence electrons. The predicted molar refractivity (Wildman–Crippen MR) is 104 cm³/mol. The Morgan fingerprint density at radius 2 is 2.08 bits per heavy atom. The molecule has 0 radical (unpaired) electrons. The van der Waals surface area contributed by atoms with E-state index in [1.165, 1.54) is 0 Å². The van der Waals surface area contributed by atoms with Gasteiger partial charge in [0, 0.05) is 19.6 Å². The number of hydrogen-bond acceptors (Lipinski definition) is 5. The average molecular weight is 394 g/mol. The molecule has 1 amide bonds. The van der Waals surface area contributed by atoms with Crippen molar-refractivity contribution >= 4 is 30.7 Å². The van der Waals surface area contributed by atoms with Crippen LogP contribution in [0.25, 0.3) is 0 Å². The second kappa shape index (κ2) is 12.2. The highest BCUT2D eigenvalue weighted by Gasteiger charge is 2.21. The Bertz CT molecular complexity index is 524. The zero-order chi connectivity index (χ0) is 16.7. The largest absolute Gasteiger partial charge is 0.493 e. The van der Waals surface area contributed by atoms with Crippen molar-refractivity contribution in [1.29, 1.82) is 0 Å². The SMILES string of the molecule is COc1cc(CNC(=O)C2CCNC2)ccc1OCCN(C)C.Cl.Cl. The first-order valence-electron chi connectivity index (χ1n) is 8.03. The summed E-state index contributed by atoms with van der Waals surface area (Å²) in [5, 5.41) is 6.19. The first kappa shape index (κ1) is 23.8. The Morgan fingerprint density at radius 3 is 2.68 bits per heavy atom. The lowest BCUT2D eigenvalue weighted by atomic mass is 10.1. The lowest BCUT2D eigenvalue weighted by Gasteiger charge is -2.15. The van der Waals surface area contributed by atoms with Gasteiger partial charge >= 0.3 is 0 Å². The molecule has 0 bridgehead atoms. The number of nitrogens with zero attached hydrogens (tertiary/aromatic N) is 1. The van der Waals surface area contributed by atoms with Crippen LogP contribution in [0.1, 0.15) is 12.0 Å². The molecule has 1 saturated heterocycles. The summed E-state index contributed by atoms with van der Waals surface area (Å²) >= 11 is 0. The van der Waals surface area contributed by atoms with Gasteiger partial charge in [-0.1, -0.05) is 6.07 Å². The van der Waals surface area contributed by atoms with Gasteiger partial charge in [-0.3, -0.25) is 4.79 Å². The van der Waals surface area contributed by atoms with Crippen LogP contribution in [0.4, 0.5) is 0 Å². The van der Waals surface area contributed by atoms with E-state index in [4.69, 9.17) is 9.47 Å². The van der Waals surface area contributed by atoms with Crippen molar-refractivity contribution in [3.63, 3.8) is 0 Å². The summed E-state index contributed by atoms with van der Waals surface area (Å²) in [6, 6.07) is 5.77. The Balaban J connectivity index is 0.00000288. The van der Waals surface area contributed by atoms with Crippen LogP contribution in [0.2, 0.25) is 0 Å². The first-order chi connectivity index (χ1) is 11.1. The van der Waals surface area contributed by atoms with E-state index in [0.29, 0.717) is 18.9 Å². The van der Waals surface area contributed by atoms with Gasteiger partial charge in [0.15, 0.2) is 11.5 Å². The van der Waals surface area contributed by atoms with Crippen LogP contribution >= 0.6 is 24.8 Å². The van der Waals surface area contributed by atoms with Crippen molar-refractivity contribution in [2.24, 2.45) is 5.92 Å². The van der Waals surface area contributed by atoms with E-state index in [0.717, 1.165) is 37.4 Å². The van der Waals surface area contributed by atoms with Gasteiger partial charge in [-0.15, -0.1) is 24.8 Å². The van der Waals surface area contributed by atoms with Crippen LogP contribution in [0.15, 0.2) is 18.2 Å². The normalized spacial score (nSPS) is 15.9. The summed E-state index contributed by atoms with van der Waals surface area (Å²) in [5.41, 5.74) is 1.00. The molecule has 25 heavy (non-hydrogen) atoms. The highest BCUT2D eigenvalue weighted by molar-refractivity contribution is 5.85. The third-order valence-electron chi connectivity index (χ3n) is 3.92. The molecule has 0 saturated carbocycles. The number of methoxy groups -OCH3 is 1. The van der Waals surface area contributed by atoms with E-state index in [2.05, 4.69) is 15.5 Å². The molecule has 6 nitrogen and oxygen atoms in total. The quantitative estimate of drug-likeness (QED) is 0.703. The number of rotatable bonds is 8. The lowest BCUT2D eigenvalue weighted by Crippen LogP contribution is -2.31. The zero-order valence-electron chi connectivity index (χ0n) is 15.0. The second-order valence-electron chi connectivity index (χ2n) is 6.04. The summed E-state index contributed by atoms with van der Waals surface area (Å²) in [6.07, 6.45) is 0.911. The highest BCUT2D eigenvalue weighted by Crippen LogP contribution is 2.28. The van der Waals surface area contributed by atoms with Crippen molar-refractivity contribution in [2.45, 2.75) is 13.0 Å². The summed E-state index contributed by atoms with van der Waals surface area (Å²) in [6.45, 7) is 3.65. The molecule has 1 atom stereocenters. The van der Waals surface area contributed by atoms with Gasteiger partial charge in [0.2, 0.25) is 5.91 Å². The fraction of sp³-hybridized carbons (Fsp3) is 0.588. The fourth-order valence-corrected chi connectivity index (χ4v) is 2.49. The highest BCUT2D eigenvalue weighted by atomic mass is 35.5. The third-order valence-corrected chi connectivity index (χ3v) is 3.92. The number of nitrogens with one attached hydrogen (secondary N) is 2. The smallest absolute Gasteiger partial charge is 0.224 e. The Labute approximate surface area is 162 Å². The molecule has 1 aliphatic heterocycles. The minimum Gasteiger partial charge on any atom is -0.493 e. The molecule has 1 fully saturated rings. The maximum atomic E-state index is 12.0. The minimum atomic E-state index is 0. The molecule has 0 spiro atoms. The molecule has 2 N–H and O–H groups in total. The average Bonchev–Trinajstić information content (AvgIpc) is 3.07. The number of ether oxygens (including phenoxy) is 2. The number of likely N-dealkylation sites (N-methyl/N-ethyl adjacent to an activating group) is 1. The maximum Gasteiger partial charge on any atom is 0.224 e. The third kappa shape index (κ3) is 7.69. The molecule has 1 aromatic rings. The van der Waals surface area contributed by atoms with E-state index in [9.17, 15) is 4.79 Å². The summed E-state index contributed by atoms with van der Waals surface area (Å²) < 4.78 is 11.1. The predicted octanol–water partition coefficient (Wildman–Crippen LogP) is 1.70. The van der Waals surface area contributed by atoms with Crippen molar-refractivity contribution in [1.82, 2.24) is 15.5 Å². The van der Waals surface area contributed by atoms with E-state index < -0.39 is 0 Å². The van der Waals surface area contributed by atoms with Gasteiger partial charge in [0.25, 0.3) is 0 Å². The number of hydrogen-bond donors (Lipinski definition) is 2. The van der Waals surface area contributed by atoms with Crippen LogP contribution in [0.3, 0.4) is 0 Å². The fourth-order valence-electron chi connectivity index (χ4n) is 2.49. The number of amides is 1. The van der Waals surface area contributed by atoms with Crippen molar-refractivity contribution in [3.05, 3.63) is 23.8 Å². The van der Waals surface area contributed by atoms with E-state index >= 15 is 0 Å². The van der Waals surface area contributed by atoms with Crippen LogP contribution in [0, 0.1) is 5.92 Å². The molecule has 1 aromatic carbocycles. The van der Waals surface area contributed by atoms with Gasteiger partial charge in [0.1, 0.15) is 6.61 Å². The van der Waals surface area contributed by atoms with E-state index in [1.54, 1.807) is 7.11 Å². The van der Waals surface area contributed by atoms with Crippen LogP contribution in [-0.4, -0.2) is 58.3 Å². The molecule has 1 heterocycles. The van der Waals surface area contributed by atoms with Crippen LogP contribution in [-0.2, 0) is 11.3 Å². The molecular weight excluding hydrogens is 365 g/mol. The van der Waals surface area contributed by atoms with Gasteiger partial charge in [0.05, 0.1) is 13.0 Å². The number of benzene rings is 1. The van der Waals surface area contributed by atoms with Crippen molar-refractivity contribution in [2.75, 3.05) is 47.4 Å². The van der Waals surface area contributed by atoms with Gasteiger partial charge in [-0.05, 0) is 44.8 Å². The maximum absolute atomic E-state index is 12.0. The van der Waals surface area contributed by atoms with Crippen molar-refractivity contribution in [3.8, 4) is 11.5 Å². The molecular formula is C17H29Cl2N3O3.